The van der Waals surface area contributed by atoms with Crippen molar-refractivity contribution >= 4 is 0 Å². The first-order valence-corrected chi connectivity index (χ1v) is 8.97. The lowest BCUT2D eigenvalue weighted by Gasteiger charge is -2.48. The number of hydrogen-bond acceptors (Lipinski definition) is 2. The second-order valence-corrected chi connectivity index (χ2v) is 8.33. The van der Waals surface area contributed by atoms with Crippen molar-refractivity contribution in [2.24, 2.45) is 5.41 Å². The fourth-order valence-electron chi connectivity index (χ4n) is 5.72. The zero-order valence-corrected chi connectivity index (χ0v) is 14.8. The second kappa shape index (κ2) is 4.86. The number of rotatable bonds is 1. The first-order valence-electron chi connectivity index (χ1n) is 8.97. The quantitative estimate of drug-likeness (QED) is 0.776. The molecule has 0 saturated heterocycles. The highest BCUT2D eigenvalue weighted by molar-refractivity contribution is 5.55. The molecule has 0 spiro atoms. The van der Waals surface area contributed by atoms with Crippen molar-refractivity contribution in [3.63, 3.8) is 0 Å². The number of aliphatic hydroxyl groups excluding tert-OH is 1. The van der Waals surface area contributed by atoms with Gasteiger partial charge in [0.25, 0.3) is 0 Å². The Hall–Kier alpha value is -1.28. The van der Waals surface area contributed by atoms with E-state index in [1.54, 1.807) is 18.3 Å². The Morgan fingerprint density at radius 3 is 2.65 bits per heavy atom. The number of benzene rings is 1. The summed E-state index contributed by atoms with van der Waals surface area (Å²) in [6.07, 6.45) is 6.37. The maximum absolute atomic E-state index is 10.3. The van der Waals surface area contributed by atoms with E-state index in [1.807, 2.05) is 0 Å². The van der Waals surface area contributed by atoms with Crippen LogP contribution in [0.15, 0.2) is 23.3 Å². The number of aliphatic hydroxyl groups is 1. The monoisotopic (exact) mass is 312 g/mol. The van der Waals surface area contributed by atoms with Crippen LogP contribution in [0.1, 0.15) is 62.6 Å². The van der Waals surface area contributed by atoms with Crippen molar-refractivity contribution in [3.05, 3.63) is 40.0 Å². The van der Waals surface area contributed by atoms with Crippen LogP contribution < -0.4 is 4.74 Å². The van der Waals surface area contributed by atoms with E-state index in [4.69, 9.17) is 4.74 Å². The Bertz CT molecular complexity index is 702. The van der Waals surface area contributed by atoms with Gasteiger partial charge in [-0.1, -0.05) is 31.1 Å². The average molecular weight is 312 g/mol. The zero-order valence-electron chi connectivity index (χ0n) is 14.8. The van der Waals surface area contributed by atoms with Gasteiger partial charge in [0.05, 0.1) is 13.2 Å². The minimum Gasteiger partial charge on any atom is -0.496 e. The normalized spacial score (nSPS) is 35.6. The molecule has 0 radical (unpaired) electrons. The molecule has 0 amide bonds. The van der Waals surface area contributed by atoms with Gasteiger partial charge < -0.3 is 9.84 Å². The Kier molecular flexibility index (Phi) is 3.22. The number of allylic oxidation sites excluding steroid dienone is 1. The number of methoxy groups -OCH3 is 1. The van der Waals surface area contributed by atoms with Crippen molar-refractivity contribution in [2.45, 2.75) is 70.8 Å². The second-order valence-electron chi connectivity index (χ2n) is 8.33. The third-order valence-electron chi connectivity index (χ3n) is 7.05. The van der Waals surface area contributed by atoms with Crippen molar-refractivity contribution < 1.29 is 9.84 Å². The highest BCUT2D eigenvalue weighted by Crippen LogP contribution is 2.60. The molecule has 23 heavy (non-hydrogen) atoms. The molecule has 3 aliphatic carbocycles. The van der Waals surface area contributed by atoms with Crippen LogP contribution >= 0.6 is 0 Å². The summed E-state index contributed by atoms with van der Waals surface area (Å²) in [6.45, 7) is 7.01. The molecule has 3 atom stereocenters. The predicted octanol–water partition coefficient (Wildman–Crippen LogP) is 4.46. The van der Waals surface area contributed by atoms with E-state index in [0.29, 0.717) is 0 Å². The molecule has 0 unspecified atom stereocenters. The fraction of sp³-hybridized carbons (Fsp3) is 0.619. The maximum Gasteiger partial charge on any atom is 0.122 e. The highest BCUT2D eigenvalue weighted by atomic mass is 16.5. The van der Waals surface area contributed by atoms with Crippen molar-refractivity contribution in [2.75, 3.05) is 7.11 Å². The summed E-state index contributed by atoms with van der Waals surface area (Å²) in [5, 5.41) is 10.3. The average Bonchev–Trinajstić information content (AvgIpc) is 2.82. The molecule has 0 bridgehead atoms. The Balaban J connectivity index is 1.90. The van der Waals surface area contributed by atoms with Gasteiger partial charge in [-0.2, -0.15) is 0 Å². The largest absolute Gasteiger partial charge is 0.496 e. The van der Waals surface area contributed by atoms with E-state index < -0.39 is 0 Å². The molecule has 1 aromatic carbocycles. The SMILES string of the molecule is COc1ccc2c(c1C)CCC1=C3C[C@H](O)C[C@]3(C)CC[C@]12C. The molecule has 4 rings (SSSR count). The van der Waals surface area contributed by atoms with Gasteiger partial charge in [-0.15, -0.1) is 0 Å². The summed E-state index contributed by atoms with van der Waals surface area (Å²) in [5.74, 6) is 1.01. The highest BCUT2D eigenvalue weighted by Gasteiger charge is 2.50. The first-order chi connectivity index (χ1) is 10.9. The molecular formula is C21H28O2. The molecule has 3 aliphatic rings. The van der Waals surface area contributed by atoms with Gasteiger partial charge >= 0.3 is 0 Å². The smallest absolute Gasteiger partial charge is 0.122 e. The number of ether oxygens (including phenoxy) is 1. The van der Waals surface area contributed by atoms with Crippen molar-refractivity contribution in [1.29, 1.82) is 0 Å². The van der Waals surface area contributed by atoms with Crippen LogP contribution in [-0.2, 0) is 11.8 Å². The van der Waals surface area contributed by atoms with Crippen LogP contribution in [0.5, 0.6) is 5.75 Å². The first kappa shape index (κ1) is 15.3. The van der Waals surface area contributed by atoms with Gasteiger partial charge in [0.1, 0.15) is 5.75 Å². The lowest BCUT2D eigenvalue weighted by Crippen LogP contribution is -2.38. The Morgan fingerprint density at radius 1 is 1.13 bits per heavy atom. The molecule has 1 N–H and O–H groups in total. The minimum atomic E-state index is -0.135. The molecule has 124 valence electrons. The lowest BCUT2D eigenvalue weighted by atomic mass is 9.56. The van der Waals surface area contributed by atoms with Gasteiger partial charge in [-0.05, 0) is 73.6 Å². The topological polar surface area (TPSA) is 29.5 Å². The van der Waals surface area contributed by atoms with Gasteiger partial charge in [-0.25, -0.2) is 0 Å². The van der Waals surface area contributed by atoms with Gasteiger partial charge in [-0.3, -0.25) is 0 Å². The summed E-state index contributed by atoms with van der Waals surface area (Å²) in [6, 6.07) is 4.44. The van der Waals surface area contributed by atoms with Gasteiger partial charge in [0.2, 0.25) is 0 Å². The zero-order chi connectivity index (χ0) is 16.4. The van der Waals surface area contributed by atoms with E-state index in [9.17, 15) is 5.11 Å². The molecule has 2 nitrogen and oxygen atoms in total. The molecule has 1 saturated carbocycles. The van der Waals surface area contributed by atoms with E-state index in [0.717, 1.165) is 31.4 Å². The van der Waals surface area contributed by atoms with Crippen LogP contribution in [0.4, 0.5) is 0 Å². The standard InChI is InChI=1S/C21H28O2/c1-13-15-5-6-17-18-11-14(22)12-20(18,2)9-10-21(17,3)16(15)7-8-19(13)23-4/h7-8,14,22H,5-6,9-12H2,1-4H3/t14-,20-,21-/m0/s1. The summed E-state index contributed by atoms with van der Waals surface area (Å²) >= 11 is 0. The van der Waals surface area contributed by atoms with Crippen molar-refractivity contribution in [3.8, 4) is 5.75 Å². The molecule has 0 heterocycles. The van der Waals surface area contributed by atoms with Crippen molar-refractivity contribution in [1.82, 2.24) is 0 Å². The molecule has 2 heteroatoms. The summed E-state index contributed by atoms with van der Waals surface area (Å²) in [5.41, 5.74) is 7.94. The van der Waals surface area contributed by atoms with Crippen LogP contribution in [0, 0.1) is 12.3 Å². The van der Waals surface area contributed by atoms with Gasteiger partial charge in [0, 0.05) is 5.41 Å². The molecule has 1 aromatic rings. The Labute approximate surface area is 139 Å². The number of fused-ring (bicyclic) bond motifs is 4. The summed E-state index contributed by atoms with van der Waals surface area (Å²) < 4.78 is 5.53. The minimum absolute atomic E-state index is 0.135. The third-order valence-corrected chi connectivity index (χ3v) is 7.05. The van der Waals surface area contributed by atoms with E-state index in [-0.39, 0.29) is 16.9 Å². The predicted molar refractivity (Wildman–Crippen MR) is 93.0 cm³/mol. The Morgan fingerprint density at radius 2 is 1.91 bits per heavy atom. The molecule has 1 fully saturated rings. The van der Waals surface area contributed by atoms with E-state index in [1.165, 1.54) is 29.5 Å². The molecule has 0 aliphatic heterocycles. The van der Waals surface area contributed by atoms with E-state index in [2.05, 4.69) is 32.9 Å². The molecule has 0 aromatic heterocycles. The lowest BCUT2D eigenvalue weighted by molar-refractivity contribution is 0.157. The van der Waals surface area contributed by atoms with Crippen LogP contribution in [0.25, 0.3) is 0 Å². The van der Waals surface area contributed by atoms with Crippen LogP contribution in [0.3, 0.4) is 0 Å². The fourth-order valence-corrected chi connectivity index (χ4v) is 5.72. The van der Waals surface area contributed by atoms with E-state index >= 15 is 0 Å². The van der Waals surface area contributed by atoms with Crippen LogP contribution in [0.2, 0.25) is 0 Å². The third kappa shape index (κ3) is 1.97. The van der Waals surface area contributed by atoms with Crippen LogP contribution in [-0.4, -0.2) is 18.3 Å². The summed E-state index contributed by atoms with van der Waals surface area (Å²) in [4.78, 5) is 0. The molecular weight excluding hydrogens is 284 g/mol. The van der Waals surface area contributed by atoms with Gasteiger partial charge in [0.15, 0.2) is 0 Å². The number of hydrogen-bond donors (Lipinski definition) is 1. The summed E-state index contributed by atoms with van der Waals surface area (Å²) in [7, 11) is 1.76. The maximum atomic E-state index is 10.3.